The van der Waals surface area contributed by atoms with E-state index in [9.17, 15) is 0 Å². The van der Waals surface area contributed by atoms with Crippen LogP contribution >= 0.6 is 23.4 Å². The van der Waals surface area contributed by atoms with Crippen LogP contribution < -0.4 is 5.32 Å². The van der Waals surface area contributed by atoms with Crippen LogP contribution in [-0.4, -0.2) is 16.5 Å². The van der Waals surface area contributed by atoms with Crippen molar-refractivity contribution in [2.24, 2.45) is 0 Å². The fraction of sp³-hybridized carbons (Fsp3) is 0.375. The van der Waals surface area contributed by atoms with Crippen molar-refractivity contribution in [2.45, 2.75) is 42.5 Å². The number of halogens is 1. The van der Waals surface area contributed by atoms with Gasteiger partial charge in [0, 0.05) is 27.9 Å². The van der Waals surface area contributed by atoms with Gasteiger partial charge in [-0.3, -0.25) is 0 Å². The summed E-state index contributed by atoms with van der Waals surface area (Å²) in [7, 11) is 0. The number of aromatic nitrogens is 2. The second-order valence-corrected chi connectivity index (χ2v) is 6.72. The van der Waals surface area contributed by atoms with Gasteiger partial charge in [-0.05, 0) is 44.9 Å². The van der Waals surface area contributed by atoms with E-state index in [0.717, 1.165) is 38.7 Å². The minimum absolute atomic E-state index is 0.543. The number of rotatable bonds is 5. The molecule has 1 aliphatic carbocycles. The van der Waals surface area contributed by atoms with Gasteiger partial charge in [-0.2, -0.15) is 0 Å². The summed E-state index contributed by atoms with van der Waals surface area (Å²) in [5.41, 5.74) is 1.10. The zero-order valence-corrected chi connectivity index (χ0v) is 13.8. The van der Waals surface area contributed by atoms with E-state index in [1.54, 1.807) is 11.8 Å². The first-order valence-electron chi connectivity index (χ1n) is 7.23. The molecular formula is C16H18ClN3S. The van der Waals surface area contributed by atoms with Crippen molar-refractivity contribution in [3.8, 4) is 0 Å². The van der Waals surface area contributed by atoms with E-state index >= 15 is 0 Å². The van der Waals surface area contributed by atoms with Crippen molar-refractivity contribution < 1.29 is 0 Å². The molecule has 0 aliphatic heterocycles. The van der Waals surface area contributed by atoms with Gasteiger partial charge in [-0.1, -0.05) is 29.4 Å². The van der Waals surface area contributed by atoms with Gasteiger partial charge >= 0.3 is 0 Å². The zero-order valence-electron chi connectivity index (χ0n) is 12.2. The van der Waals surface area contributed by atoms with Crippen LogP contribution in [0.4, 0.5) is 5.82 Å². The molecule has 0 bridgehead atoms. The quantitative estimate of drug-likeness (QED) is 0.795. The second kappa shape index (κ2) is 6.24. The molecule has 0 unspecified atom stereocenters. The van der Waals surface area contributed by atoms with Gasteiger partial charge in [0.25, 0.3) is 0 Å². The molecule has 0 atom stereocenters. The lowest BCUT2D eigenvalue weighted by Gasteiger charge is -2.13. The monoisotopic (exact) mass is 319 g/mol. The number of benzene rings is 1. The molecule has 0 saturated heterocycles. The lowest BCUT2D eigenvalue weighted by atomic mass is 10.3. The fourth-order valence-corrected chi connectivity index (χ4v) is 3.32. The maximum Gasteiger partial charge on any atom is 0.135 e. The summed E-state index contributed by atoms with van der Waals surface area (Å²) in [6.45, 7) is 5.02. The molecule has 0 radical (unpaired) electrons. The average molecular weight is 320 g/mol. The lowest BCUT2D eigenvalue weighted by Crippen LogP contribution is -2.07. The van der Waals surface area contributed by atoms with E-state index < -0.39 is 0 Å². The second-order valence-electron chi connectivity index (χ2n) is 5.22. The Bertz CT molecular complexity index is 656. The highest BCUT2D eigenvalue weighted by molar-refractivity contribution is 7.99. The topological polar surface area (TPSA) is 37.8 Å². The number of nitrogens with zero attached hydrogens (tertiary/aromatic N) is 2. The third kappa shape index (κ3) is 3.50. The highest BCUT2D eigenvalue weighted by atomic mass is 35.5. The molecular weight excluding hydrogens is 302 g/mol. The summed E-state index contributed by atoms with van der Waals surface area (Å²) in [6, 6.07) is 7.88. The molecule has 1 saturated carbocycles. The Morgan fingerprint density at radius 2 is 2.14 bits per heavy atom. The van der Waals surface area contributed by atoms with Crippen LogP contribution in [0.2, 0.25) is 5.02 Å². The first kappa shape index (κ1) is 14.7. The Hall–Kier alpha value is -1.26. The van der Waals surface area contributed by atoms with E-state index in [0.29, 0.717) is 5.92 Å². The highest BCUT2D eigenvalue weighted by Crippen LogP contribution is 2.41. The van der Waals surface area contributed by atoms with E-state index in [1.165, 1.54) is 12.8 Å². The Labute approximate surface area is 134 Å². The molecule has 110 valence electrons. The smallest absolute Gasteiger partial charge is 0.135 e. The van der Waals surface area contributed by atoms with Crippen LogP contribution in [0.5, 0.6) is 0 Å². The van der Waals surface area contributed by atoms with Crippen LogP contribution in [0.3, 0.4) is 0 Å². The largest absolute Gasteiger partial charge is 0.370 e. The number of nitrogens with one attached hydrogen (secondary N) is 1. The van der Waals surface area contributed by atoms with Gasteiger partial charge in [-0.15, -0.1) is 0 Å². The first-order chi connectivity index (χ1) is 10.2. The molecule has 1 aromatic heterocycles. The van der Waals surface area contributed by atoms with Crippen LogP contribution in [0.25, 0.3) is 0 Å². The van der Waals surface area contributed by atoms with Crippen molar-refractivity contribution in [3.05, 3.63) is 40.7 Å². The third-order valence-electron chi connectivity index (χ3n) is 3.42. The van der Waals surface area contributed by atoms with Gasteiger partial charge in [0.15, 0.2) is 0 Å². The Morgan fingerprint density at radius 1 is 1.33 bits per heavy atom. The Balaban J connectivity index is 1.95. The van der Waals surface area contributed by atoms with Crippen LogP contribution in [0.1, 0.15) is 37.1 Å². The maximum absolute atomic E-state index is 6.07. The molecule has 1 N–H and O–H groups in total. The van der Waals surface area contributed by atoms with Gasteiger partial charge in [0.1, 0.15) is 16.7 Å². The average Bonchev–Trinajstić information content (AvgIpc) is 3.28. The minimum atomic E-state index is 0.543. The van der Waals surface area contributed by atoms with E-state index in [2.05, 4.69) is 30.2 Å². The molecule has 3 nitrogen and oxygen atoms in total. The van der Waals surface area contributed by atoms with Gasteiger partial charge < -0.3 is 5.32 Å². The summed E-state index contributed by atoms with van der Waals surface area (Å²) in [5.74, 6) is 2.47. The number of anilines is 1. The van der Waals surface area contributed by atoms with E-state index in [4.69, 9.17) is 16.6 Å². The third-order valence-corrected chi connectivity index (χ3v) is 4.73. The number of hydrogen-bond acceptors (Lipinski definition) is 4. The summed E-state index contributed by atoms with van der Waals surface area (Å²) in [6.07, 6.45) is 2.41. The van der Waals surface area contributed by atoms with Gasteiger partial charge in [-0.25, -0.2) is 9.97 Å². The summed E-state index contributed by atoms with van der Waals surface area (Å²) < 4.78 is 0. The molecule has 0 amide bonds. The molecule has 2 aromatic rings. The van der Waals surface area contributed by atoms with Crippen LogP contribution in [0.15, 0.2) is 34.2 Å². The molecule has 21 heavy (non-hydrogen) atoms. The van der Waals surface area contributed by atoms with Gasteiger partial charge in [0.2, 0.25) is 0 Å². The van der Waals surface area contributed by atoms with Crippen LogP contribution in [0, 0.1) is 6.92 Å². The summed E-state index contributed by atoms with van der Waals surface area (Å²) in [5, 5.41) is 5.12. The van der Waals surface area contributed by atoms with E-state index in [-0.39, 0.29) is 0 Å². The molecule has 1 aromatic carbocycles. The van der Waals surface area contributed by atoms with Crippen molar-refractivity contribution in [2.75, 3.05) is 11.9 Å². The molecule has 1 fully saturated rings. The standard InChI is InChI=1S/C16H18ClN3S/c1-3-18-14-10(2)16(20-15(19-14)11-7-8-11)21-13-6-4-5-12(17)9-13/h4-6,9,11H,3,7-8H2,1-2H3,(H,18,19,20). The predicted molar refractivity (Wildman–Crippen MR) is 88.5 cm³/mol. The maximum atomic E-state index is 6.07. The summed E-state index contributed by atoms with van der Waals surface area (Å²) in [4.78, 5) is 10.6. The first-order valence-corrected chi connectivity index (χ1v) is 8.42. The normalized spacial score (nSPS) is 14.2. The molecule has 0 spiro atoms. The highest BCUT2D eigenvalue weighted by Gasteiger charge is 2.28. The molecule has 1 aliphatic rings. The fourth-order valence-electron chi connectivity index (χ4n) is 2.12. The molecule has 1 heterocycles. The van der Waals surface area contributed by atoms with Crippen molar-refractivity contribution in [1.82, 2.24) is 9.97 Å². The molecule has 5 heteroatoms. The minimum Gasteiger partial charge on any atom is -0.370 e. The van der Waals surface area contributed by atoms with Crippen LogP contribution in [-0.2, 0) is 0 Å². The summed E-state index contributed by atoms with van der Waals surface area (Å²) >= 11 is 7.72. The van der Waals surface area contributed by atoms with Crippen molar-refractivity contribution >= 4 is 29.2 Å². The van der Waals surface area contributed by atoms with Crippen molar-refractivity contribution in [1.29, 1.82) is 0 Å². The SMILES string of the molecule is CCNc1nc(C2CC2)nc(Sc2cccc(Cl)c2)c1C. The van der Waals surface area contributed by atoms with Crippen molar-refractivity contribution in [3.63, 3.8) is 0 Å². The lowest BCUT2D eigenvalue weighted by molar-refractivity contribution is 0.861. The molecule has 3 rings (SSSR count). The Kier molecular flexibility index (Phi) is 4.36. The van der Waals surface area contributed by atoms with Gasteiger partial charge in [0.05, 0.1) is 0 Å². The zero-order chi connectivity index (χ0) is 14.8. The predicted octanol–water partition coefficient (Wildman–Crippen LogP) is 4.90. The Morgan fingerprint density at radius 3 is 2.81 bits per heavy atom. The van der Waals surface area contributed by atoms with E-state index in [1.807, 2.05) is 18.2 Å². The number of hydrogen-bond donors (Lipinski definition) is 1.